The van der Waals surface area contributed by atoms with Gasteiger partial charge in [0.25, 0.3) is 5.91 Å². The van der Waals surface area contributed by atoms with E-state index in [-0.39, 0.29) is 18.0 Å². The van der Waals surface area contributed by atoms with Gasteiger partial charge in [-0.1, -0.05) is 47.2 Å². The summed E-state index contributed by atoms with van der Waals surface area (Å²) < 4.78 is 11.7. The Bertz CT molecular complexity index is 1360. The van der Waals surface area contributed by atoms with E-state index in [1.54, 1.807) is 23.1 Å². The van der Waals surface area contributed by atoms with Gasteiger partial charge in [0.05, 0.1) is 28.5 Å². The second-order valence-electron chi connectivity index (χ2n) is 7.93. The number of halogens is 2. The summed E-state index contributed by atoms with van der Waals surface area (Å²) in [5, 5.41) is 1.79. The lowest BCUT2D eigenvalue weighted by atomic mass is 10.1. The van der Waals surface area contributed by atoms with E-state index in [1.165, 1.54) is 11.3 Å². The summed E-state index contributed by atoms with van der Waals surface area (Å²) in [6, 6.07) is 12.5. The molecule has 0 N–H and O–H groups in total. The monoisotopic (exact) mass is 519 g/mol. The molecule has 4 aromatic rings. The SMILES string of the molecule is Cc1ccc(Cl)c2sc(N(CCN3CCOCC3)C(=O)c3cc4ccccc4oc3=O)nc12.Cl. The molecule has 1 amide bonds. The zero-order valence-electron chi connectivity index (χ0n) is 18.5. The fraction of sp³-hybridized carbons (Fsp3) is 0.292. The lowest BCUT2D eigenvalue weighted by Gasteiger charge is -2.29. The van der Waals surface area contributed by atoms with Crippen LogP contribution in [0.15, 0.2) is 51.7 Å². The highest BCUT2D eigenvalue weighted by Crippen LogP contribution is 2.36. The van der Waals surface area contributed by atoms with Gasteiger partial charge in [-0.25, -0.2) is 9.78 Å². The molecule has 10 heteroatoms. The number of anilines is 1. The van der Waals surface area contributed by atoms with Crippen LogP contribution in [0, 0.1) is 6.92 Å². The summed E-state index contributed by atoms with van der Waals surface area (Å²) in [6.07, 6.45) is 0. The van der Waals surface area contributed by atoms with Gasteiger partial charge in [-0.05, 0) is 30.7 Å². The maximum absolute atomic E-state index is 13.7. The number of aryl methyl sites for hydroxylation is 1. The van der Waals surface area contributed by atoms with E-state index in [9.17, 15) is 9.59 Å². The Morgan fingerprint density at radius 1 is 1.21 bits per heavy atom. The lowest BCUT2D eigenvalue weighted by Crippen LogP contribution is -2.44. The van der Waals surface area contributed by atoms with Gasteiger partial charge in [-0.15, -0.1) is 12.4 Å². The number of carbonyl (C=O) groups excluding carboxylic acids is 1. The van der Waals surface area contributed by atoms with Gasteiger partial charge >= 0.3 is 5.63 Å². The summed E-state index contributed by atoms with van der Waals surface area (Å²) >= 11 is 7.76. The number of nitrogens with zero attached hydrogens (tertiary/aromatic N) is 3. The van der Waals surface area contributed by atoms with Crippen LogP contribution in [0.4, 0.5) is 5.13 Å². The predicted octanol–water partition coefficient (Wildman–Crippen LogP) is 4.77. The molecule has 0 aliphatic carbocycles. The van der Waals surface area contributed by atoms with E-state index in [2.05, 4.69) is 4.90 Å². The molecular formula is C24H23Cl2N3O4S. The number of hydrogen-bond donors (Lipinski definition) is 0. The molecule has 1 aliphatic rings. The Balaban J connectivity index is 0.00000274. The molecule has 0 spiro atoms. The highest BCUT2D eigenvalue weighted by atomic mass is 35.5. The summed E-state index contributed by atoms with van der Waals surface area (Å²) in [5.74, 6) is -0.435. The summed E-state index contributed by atoms with van der Waals surface area (Å²) in [6.45, 7) is 5.89. The van der Waals surface area contributed by atoms with Crippen LogP contribution in [0.5, 0.6) is 0 Å². The summed E-state index contributed by atoms with van der Waals surface area (Å²) in [5.41, 5.74) is 1.50. The lowest BCUT2D eigenvalue weighted by molar-refractivity contribution is 0.0391. The van der Waals surface area contributed by atoms with Crippen molar-refractivity contribution in [2.75, 3.05) is 44.3 Å². The van der Waals surface area contributed by atoms with Gasteiger partial charge in [0.1, 0.15) is 11.1 Å². The molecule has 3 heterocycles. The van der Waals surface area contributed by atoms with Crippen molar-refractivity contribution in [1.29, 1.82) is 0 Å². The largest absolute Gasteiger partial charge is 0.422 e. The van der Waals surface area contributed by atoms with E-state index < -0.39 is 11.5 Å². The zero-order valence-corrected chi connectivity index (χ0v) is 20.8. The number of amides is 1. The molecule has 5 rings (SSSR count). The van der Waals surface area contributed by atoms with Crippen LogP contribution in [0.1, 0.15) is 15.9 Å². The van der Waals surface area contributed by atoms with Gasteiger partial charge in [-0.3, -0.25) is 14.6 Å². The van der Waals surface area contributed by atoms with E-state index in [1.807, 2.05) is 31.2 Å². The standard InChI is InChI=1S/C24H22ClN3O4S.ClH/c1-15-6-7-18(25)21-20(15)26-24(33-21)28(9-8-27-10-12-31-13-11-27)22(29)17-14-16-4-2-3-5-19(16)32-23(17)30;/h2-7,14H,8-13H2,1H3;1H. The minimum atomic E-state index is -0.662. The highest BCUT2D eigenvalue weighted by molar-refractivity contribution is 7.23. The number of carbonyl (C=O) groups is 1. The van der Waals surface area contributed by atoms with Crippen molar-refractivity contribution in [1.82, 2.24) is 9.88 Å². The van der Waals surface area contributed by atoms with Crippen LogP contribution < -0.4 is 10.5 Å². The first kappa shape index (κ1) is 24.6. The van der Waals surface area contributed by atoms with Crippen LogP contribution in [0.2, 0.25) is 5.02 Å². The molecule has 0 saturated carbocycles. The molecule has 2 aromatic heterocycles. The number of benzene rings is 2. The predicted molar refractivity (Wildman–Crippen MR) is 138 cm³/mol. The summed E-state index contributed by atoms with van der Waals surface area (Å²) in [4.78, 5) is 34.9. The molecular weight excluding hydrogens is 497 g/mol. The van der Waals surface area contributed by atoms with E-state index in [4.69, 9.17) is 25.7 Å². The zero-order chi connectivity index (χ0) is 22.9. The van der Waals surface area contributed by atoms with Gasteiger partial charge in [0.15, 0.2) is 5.13 Å². The fourth-order valence-corrected chi connectivity index (χ4v) is 5.25. The third kappa shape index (κ3) is 4.82. The maximum Gasteiger partial charge on any atom is 0.349 e. The van der Waals surface area contributed by atoms with Gasteiger partial charge in [0.2, 0.25) is 0 Å². The van der Waals surface area contributed by atoms with Crippen LogP contribution in [0.25, 0.3) is 21.2 Å². The number of fused-ring (bicyclic) bond motifs is 2. The van der Waals surface area contributed by atoms with Crippen molar-refractivity contribution in [3.05, 3.63) is 69.0 Å². The second-order valence-corrected chi connectivity index (χ2v) is 9.32. The average molecular weight is 520 g/mol. The first-order chi connectivity index (χ1) is 16.0. The third-order valence-electron chi connectivity index (χ3n) is 5.78. The Kier molecular flexibility index (Phi) is 7.54. The van der Waals surface area contributed by atoms with Gasteiger partial charge < -0.3 is 9.15 Å². The Morgan fingerprint density at radius 3 is 2.74 bits per heavy atom. The van der Waals surface area contributed by atoms with Crippen molar-refractivity contribution in [3.63, 3.8) is 0 Å². The molecule has 0 bridgehead atoms. The maximum atomic E-state index is 13.7. The molecule has 1 aliphatic heterocycles. The van der Waals surface area contributed by atoms with E-state index in [0.29, 0.717) is 47.4 Å². The van der Waals surface area contributed by atoms with E-state index >= 15 is 0 Å². The Hall–Kier alpha value is -2.49. The number of aromatic nitrogens is 1. The van der Waals surface area contributed by atoms with E-state index in [0.717, 1.165) is 28.9 Å². The molecule has 0 atom stereocenters. The number of morpholine rings is 1. The van der Waals surface area contributed by atoms with Gasteiger partial charge in [0, 0.05) is 31.6 Å². The first-order valence-electron chi connectivity index (χ1n) is 10.7. The summed E-state index contributed by atoms with van der Waals surface area (Å²) in [7, 11) is 0. The molecule has 1 saturated heterocycles. The first-order valence-corrected chi connectivity index (χ1v) is 11.9. The molecule has 178 valence electrons. The molecule has 7 nitrogen and oxygen atoms in total. The second kappa shape index (κ2) is 10.4. The number of hydrogen-bond acceptors (Lipinski definition) is 7. The molecule has 0 radical (unpaired) electrons. The van der Waals surface area contributed by atoms with Gasteiger partial charge in [-0.2, -0.15) is 0 Å². The van der Waals surface area contributed by atoms with Crippen molar-refractivity contribution in [3.8, 4) is 0 Å². The quantitative estimate of drug-likeness (QED) is 0.353. The minimum Gasteiger partial charge on any atom is -0.422 e. The fourth-order valence-electron chi connectivity index (χ4n) is 3.91. The Morgan fingerprint density at radius 2 is 1.97 bits per heavy atom. The minimum absolute atomic E-state index is 0. The van der Waals surface area contributed by atoms with Crippen molar-refractivity contribution < 1.29 is 13.9 Å². The van der Waals surface area contributed by atoms with Crippen molar-refractivity contribution in [2.24, 2.45) is 0 Å². The molecule has 34 heavy (non-hydrogen) atoms. The highest BCUT2D eigenvalue weighted by Gasteiger charge is 2.26. The van der Waals surface area contributed by atoms with Crippen molar-refractivity contribution >= 4 is 67.6 Å². The Labute approximate surface area is 211 Å². The van der Waals surface area contributed by atoms with Crippen LogP contribution in [-0.4, -0.2) is 55.2 Å². The normalized spacial score (nSPS) is 14.3. The van der Waals surface area contributed by atoms with Crippen LogP contribution in [0.3, 0.4) is 0 Å². The average Bonchev–Trinajstić information content (AvgIpc) is 3.28. The number of thiazole rings is 1. The smallest absolute Gasteiger partial charge is 0.349 e. The third-order valence-corrected chi connectivity index (χ3v) is 7.32. The molecule has 2 aromatic carbocycles. The molecule has 0 unspecified atom stereocenters. The number of rotatable bonds is 5. The number of ether oxygens (including phenoxy) is 1. The topological polar surface area (TPSA) is 75.9 Å². The number of para-hydroxylation sites is 1. The van der Waals surface area contributed by atoms with Crippen molar-refractivity contribution in [2.45, 2.75) is 6.92 Å². The molecule has 1 fully saturated rings. The van der Waals surface area contributed by atoms with Crippen LogP contribution in [-0.2, 0) is 4.74 Å². The van der Waals surface area contributed by atoms with Crippen LogP contribution >= 0.6 is 35.3 Å².